The third-order valence-corrected chi connectivity index (χ3v) is 5.04. The van der Waals surface area contributed by atoms with Gasteiger partial charge in [-0.15, -0.1) is 0 Å². The molecule has 0 saturated carbocycles. The first kappa shape index (κ1) is 23.0. The van der Waals surface area contributed by atoms with Crippen molar-refractivity contribution in [2.24, 2.45) is 5.92 Å². The van der Waals surface area contributed by atoms with Gasteiger partial charge in [-0.05, 0) is 17.2 Å². The number of morpholine rings is 1. The molecular weight excluding hydrogens is 404 g/mol. The van der Waals surface area contributed by atoms with E-state index in [1.54, 1.807) is 44.2 Å². The summed E-state index contributed by atoms with van der Waals surface area (Å²) in [5, 5.41) is 2.83. The van der Waals surface area contributed by atoms with Crippen molar-refractivity contribution in [3.63, 3.8) is 0 Å². The summed E-state index contributed by atoms with van der Waals surface area (Å²) in [6.07, 6.45) is -1.24. The predicted octanol–water partition coefficient (Wildman–Crippen LogP) is 3.67. The standard InChI is InChI=1S/C23H27F2N3O3/c1-15(2)23(30)22-19(27-21(29)14-28-6-8-31-9-7-28)12-18(13-26-22)17-5-3-4-16(10-17)11-20(24)25/h3-5,10,12-13,15,20H,6-9,11,14H2,1-2H3,(H,27,29). The van der Waals surface area contributed by atoms with E-state index in [9.17, 15) is 18.4 Å². The SMILES string of the molecule is CC(C)C(=O)c1ncc(-c2cccc(CC(F)F)c2)cc1NC(=O)CN1CCOCC1. The first-order valence-corrected chi connectivity index (χ1v) is 10.3. The van der Waals surface area contributed by atoms with Gasteiger partial charge in [0.2, 0.25) is 12.3 Å². The number of ketones is 1. The summed E-state index contributed by atoms with van der Waals surface area (Å²) in [6, 6.07) is 8.49. The van der Waals surface area contributed by atoms with Gasteiger partial charge in [0, 0.05) is 37.2 Å². The average Bonchev–Trinajstić information content (AvgIpc) is 2.73. The van der Waals surface area contributed by atoms with E-state index in [4.69, 9.17) is 4.74 Å². The van der Waals surface area contributed by atoms with E-state index in [1.807, 2.05) is 4.90 Å². The van der Waals surface area contributed by atoms with Crippen molar-refractivity contribution in [2.75, 3.05) is 38.2 Å². The summed E-state index contributed by atoms with van der Waals surface area (Å²) < 4.78 is 30.8. The maximum absolute atomic E-state index is 12.8. The fourth-order valence-electron chi connectivity index (χ4n) is 3.40. The number of Topliss-reactive ketones (excluding diaryl/α,β-unsaturated/α-hetero) is 1. The first-order valence-electron chi connectivity index (χ1n) is 10.3. The van der Waals surface area contributed by atoms with Gasteiger partial charge in [-0.3, -0.25) is 19.5 Å². The van der Waals surface area contributed by atoms with Crippen molar-refractivity contribution in [1.29, 1.82) is 0 Å². The number of anilines is 1. The molecule has 0 atom stereocenters. The maximum Gasteiger partial charge on any atom is 0.242 e. The molecule has 1 saturated heterocycles. The van der Waals surface area contributed by atoms with E-state index in [2.05, 4.69) is 10.3 Å². The molecule has 2 aromatic rings. The van der Waals surface area contributed by atoms with E-state index in [1.165, 1.54) is 6.20 Å². The Balaban J connectivity index is 1.87. The Morgan fingerprint density at radius 3 is 2.58 bits per heavy atom. The zero-order valence-corrected chi connectivity index (χ0v) is 17.7. The summed E-state index contributed by atoms with van der Waals surface area (Å²) in [6.45, 7) is 6.22. The number of amides is 1. The lowest BCUT2D eigenvalue weighted by molar-refractivity contribution is -0.118. The number of rotatable bonds is 8. The van der Waals surface area contributed by atoms with Crippen molar-refractivity contribution in [3.05, 3.63) is 47.8 Å². The van der Waals surface area contributed by atoms with Gasteiger partial charge in [0.15, 0.2) is 5.78 Å². The summed E-state index contributed by atoms with van der Waals surface area (Å²) in [5.41, 5.74) is 2.36. The predicted molar refractivity (Wildman–Crippen MR) is 114 cm³/mol. The highest BCUT2D eigenvalue weighted by molar-refractivity contribution is 6.05. The van der Waals surface area contributed by atoms with Crippen molar-refractivity contribution < 1.29 is 23.1 Å². The molecule has 8 heteroatoms. The lowest BCUT2D eigenvalue weighted by atomic mass is 10.00. The van der Waals surface area contributed by atoms with E-state index in [0.29, 0.717) is 48.7 Å². The topological polar surface area (TPSA) is 71.5 Å². The molecule has 0 radical (unpaired) electrons. The number of hydrogen-bond donors (Lipinski definition) is 1. The fraction of sp³-hybridized carbons (Fsp3) is 0.435. The highest BCUT2D eigenvalue weighted by Gasteiger charge is 2.21. The van der Waals surface area contributed by atoms with Gasteiger partial charge in [0.1, 0.15) is 5.69 Å². The molecule has 3 rings (SSSR count). The zero-order valence-electron chi connectivity index (χ0n) is 17.7. The minimum Gasteiger partial charge on any atom is -0.379 e. The van der Waals surface area contributed by atoms with Crippen LogP contribution in [-0.2, 0) is 16.0 Å². The number of alkyl halides is 2. The normalized spacial score (nSPS) is 14.8. The van der Waals surface area contributed by atoms with Crippen LogP contribution in [0.3, 0.4) is 0 Å². The lowest BCUT2D eigenvalue weighted by Crippen LogP contribution is -2.41. The number of carbonyl (C=O) groups is 2. The van der Waals surface area contributed by atoms with Crippen LogP contribution >= 0.6 is 0 Å². The number of pyridine rings is 1. The minimum atomic E-state index is -2.44. The smallest absolute Gasteiger partial charge is 0.242 e. The Labute approximate surface area is 180 Å². The van der Waals surface area contributed by atoms with Crippen LogP contribution in [0.1, 0.15) is 29.9 Å². The second-order valence-corrected chi connectivity index (χ2v) is 7.87. The minimum absolute atomic E-state index is 0.181. The third-order valence-electron chi connectivity index (χ3n) is 5.04. The van der Waals surface area contributed by atoms with Crippen LogP contribution in [0.15, 0.2) is 36.5 Å². The van der Waals surface area contributed by atoms with Gasteiger partial charge in [0.25, 0.3) is 0 Å². The Morgan fingerprint density at radius 1 is 1.16 bits per heavy atom. The van der Waals surface area contributed by atoms with E-state index in [0.717, 1.165) is 0 Å². The monoisotopic (exact) mass is 431 g/mol. The van der Waals surface area contributed by atoms with Gasteiger partial charge in [0.05, 0.1) is 25.4 Å². The molecule has 0 unspecified atom stereocenters. The summed E-state index contributed by atoms with van der Waals surface area (Å²) in [4.78, 5) is 31.6. The average molecular weight is 431 g/mol. The van der Waals surface area contributed by atoms with Crippen LogP contribution < -0.4 is 5.32 Å². The quantitative estimate of drug-likeness (QED) is 0.646. The van der Waals surface area contributed by atoms with Crippen molar-refractivity contribution in [3.8, 4) is 11.1 Å². The number of carbonyl (C=O) groups excluding carboxylic acids is 2. The maximum atomic E-state index is 12.8. The summed E-state index contributed by atoms with van der Waals surface area (Å²) >= 11 is 0. The van der Waals surface area contributed by atoms with Crippen LogP contribution in [-0.4, -0.2) is 60.8 Å². The molecule has 166 valence electrons. The molecule has 6 nitrogen and oxygen atoms in total. The number of hydrogen-bond acceptors (Lipinski definition) is 5. The second kappa shape index (κ2) is 10.5. The van der Waals surface area contributed by atoms with E-state index >= 15 is 0 Å². The third kappa shape index (κ3) is 6.38. The van der Waals surface area contributed by atoms with Crippen LogP contribution in [0.4, 0.5) is 14.5 Å². The number of ether oxygens (including phenoxy) is 1. The molecule has 1 amide bonds. The molecule has 1 fully saturated rings. The van der Waals surface area contributed by atoms with Crippen molar-refractivity contribution in [1.82, 2.24) is 9.88 Å². The Kier molecular flexibility index (Phi) is 7.81. The molecule has 31 heavy (non-hydrogen) atoms. The molecule has 1 N–H and O–H groups in total. The van der Waals surface area contributed by atoms with E-state index in [-0.39, 0.29) is 36.3 Å². The molecule has 0 aliphatic carbocycles. The molecule has 1 aliphatic heterocycles. The van der Waals surface area contributed by atoms with Gasteiger partial charge >= 0.3 is 0 Å². The summed E-state index contributed by atoms with van der Waals surface area (Å²) in [5.74, 6) is -0.715. The molecule has 2 heterocycles. The molecule has 1 aromatic heterocycles. The summed E-state index contributed by atoms with van der Waals surface area (Å²) in [7, 11) is 0. The van der Waals surface area contributed by atoms with E-state index < -0.39 is 6.43 Å². The number of aromatic nitrogens is 1. The molecule has 1 aromatic carbocycles. The Bertz CT molecular complexity index is 928. The number of benzene rings is 1. The number of nitrogens with one attached hydrogen (secondary N) is 1. The molecule has 0 bridgehead atoms. The molecular formula is C23H27F2N3O3. The lowest BCUT2D eigenvalue weighted by Gasteiger charge is -2.26. The second-order valence-electron chi connectivity index (χ2n) is 7.87. The van der Waals surface area contributed by atoms with Crippen molar-refractivity contribution >= 4 is 17.4 Å². The van der Waals surface area contributed by atoms with Crippen LogP contribution in [0.2, 0.25) is 0 Å². The fourth-order valence-corrected chi connectivity index (χ4v) is 3.40. The highest BCUT2D eigenvalue weighted by atomic mass is 19.3. The first-order chi connectivity index (χ1) is 14.8. The molecule has 1 aliphatic rings. The Morgan fingerprint density at radius 2 is 1.90 bits per heavy atom. The van der Waals surface area contributed by atoms with Gasteiger partial charge < -0.3 is 10.1 Å². The van der Waals surface area contributed by atoms with Crippen LogP contribution in [0.5, 0.6) is 0 Å². The Hall–Kier alpha value is -2.71. The number of halogens is 2. The van der Waals surface area contributed by atoms with Gasteiger partial charge in [-0.1, -0.05) is 38.1 Å². The highest BCUT2D eigenvalue weighted by Crippen LogP contribution is 2.27. The number of nitrogens with zero attached hydrogens (tertiary/aromatic N) is 2. The van der Waals surface area contributed by atoms with Crippen LogP contribution in [0, 0.1) is 5.92 Å². The largest absolute Gasteiger partial charge is 0.379 e. The van der Waals surface area contributed by atoms with Crippen molar-refractivity contribution in [2.45, 2.75) is 26.7 Å². The van der Waals surface area contributed by atoms with Gasteiger partial charge in [-0.2, -0.15) is 0 Å². The van der Waals surface area contributed by atoms with Gasteiger partial charge in [-0.25, -0.2) is 8.78 Å². The molecule has 0 spiro atoms. The van der Waals surface area contributed by atoms with Crippen LogP contribution in [0.25, 0.3) is 11.1 Å². The zero-order chi connectivity index (χ0) is 22.4.